The van der Waals surface area contributed by atoms with Crippen molar-refractivity contribution in [2.24, 2.45) is 22.9 Å². The van der Waals surface area contributed by atoms with Crippen molar-refractivity contribution in [3.63, 3.8) is 0 Å². The number of hydrazine groups is 1. The SMILES string of the molecule is CC[C@@H]1C(C(=O)NN2CC3CCCC3C2)=NN(c2ccc(Cl)cc2Cl)[C@H]1c1ccc(Br)cc1.Cl. The van der Waals surface area contributed by atoms with Gasteiger partial charge in [0.25, 0.3) is 5.91 Å². The molecule has 0 bridgehead atoms. The minimum atomic E-state index is -0.138. The molecule has 5 rings (SSSR count). The molecule has 5 nitrogen and oxygen atoms in total. The van der Waals surface area contributed by atoms with Crippen molar-refractivity contribution in [2.45, 2.75) is 38.6 Å². The number of benzene rings is 2. The molecule has 34 heavy (non-hydrogen) atoms. The molecule has 0 spiro atoms. The molecule has 1 amide bonds. The quantitative estimate of drug-likeness (QED) is 0.415. The number of amides is 1. The summed E-state index contributed by atoms with van der Waals surface area (Å²) in [5.74, 6) is 1.23. The number of nitrogens with zero attached hydrogens (tertiary/aromatic N) is 3. The predicted molar refractivity (Wildman–Crippen MR) is 145 cm³/mol. The van der Waals surface area contributed by atoms with Gasteiger partial charge >= 0.3 is 0 Å². The molecule has 4 atom stereocenters. The van der Waals surface area contributed by atoms with Gasteiger partial charge in [-0.25, -0.2) is 5.01 Å². The van der Waals surface area contributed by atoms with Crippen LogP contribution >= 0.6 is 51.5 Å². The van der Waals surface area contributed by atoms with E-state index in [0.717, 1.165) is 35.2 Å². The summed E-state index contributed by atoms with van der Waals surface area (Å²) in [6.45, 7) is 3.97. The van der Waals surface area contributed by atoms with Crippen LogP contribution in [0.2, 0.25) is 10.0 Å². The molecule has 1 saturated carbocycles. The molecule has 1 saturated heterocycles. The van der Waals surface area contributed by atoms with Crippen LogP contribution in [0.3, 0.4) is 0 Å². The van der Waals surface area contributed by atoms with Gasteiger partial charge in [-0.05, 0) is 67.0 Å². The Morgan fingerprint density at radius 2 is 1.79 bits per heavy atom. The van der Waals surface area contributed by atoms with Crippen LogP contribution in [0.5, 0.6) is 0 Å². The molecule has 0 radical (unpaired) electrons. The van der Waals surface area contributed by atoms with Gasteiger partial charge in [-0.15, -0.1) is 12.4 Å². The second-order valence-corrected chi connectivity index (χ2v) is 11.0. The number of carbonyl (C=O) groups excluding carboxylic acids is 1. The van der Waals surface area contributed by atoms with Gasteiger partial charge in [0.2, 0.25) is 0 Å². The third kappa shape index (κ3) is 4.98. The van der Waals surface area contributed by atoms with Crippen molar-refractivity contribution in [3.05, 3.63) is 62.5 Å². The van der Waals surface area contributed by atoms with Gasteiger partial charge in [-0.1, -0.05) is 64.6 Å². The van der Waals surface area contributed by atoms with Crippen molar-refractivity contribution in [3.8, 4) is 0 Å². The Kier molecular flexibility index (Phi) is 8.15. The lowest BCUT2D eigenvalue weighted by atomic mass is 9.87. The highest BCUT2D eigenvalue weighted by Crippen LogP contribution is 2.44. The van der Waals surface area contributed by atoms with Crippen LogP contribution in [0.4, 0.5) is 5.69 Å². The van der Waals surface area contributed by atoms with Crippen molar-refractivity contribution >= 4 is 68.8 Å². The van der Waals surface area contributed by atoms with Crippen molar-refractivity contribution in [1.82, 2.24) is 10.4 Å². The fraction of sp³-hybridized carbons (Fsp3) is 0.440. The van der Waals surface area contributed by atoms with E-state index in [1.54, 1.807) is 12.1 Å². The lowest BCUT2D eigenvalue weighted by Gasteiger charge is -2.29. The summed E-state index contributed by atoms with van der Waals surface area (Å²) in [5.41, 5.74) is 5.54. The van der Waals surface area contributed by atoms with Crippen LogP contribution in [0.25, 0.3) is 0 Å². The fourth-order valence-corrected chi connectivity index (χ4v) is 6.39. The van der Waals surface area contributed by atoms with Crippen molar-refractivity contribution < 1.29 is 4.79 Å². The summed E-state index contributed by atoms with van der Waals surface area (Å²) in [5, 5.41) is 9.93. The van der Waals surface area contributed by atoms with E-state index in [2.05, 4.69) is 45.4 Å². The van der Waals surface area contributed by atoms with E-state index in [1.165, 1.54) is 19.3 Å². The summed E-state index contributed by atoms with van der Waals surface area (Å²) >= 11 is 16.3. The topological polar surface area (TPSA) is 47.9 Å². The first-order chi connectivity index (χ1) is 15.9. The van der Waals surface area contributed by atoms with E-state index in [-0.39, 0.29) is 30.3 Å². The predicted octanol–water partition coefficient (Wildman–Crippen LogP) is 6.88. The van der Waals surface area contributed by atoms with E-state index in [9.17, 15) is 4.79 Å². The zero-order valence-electron chi connectivity index (χ0n) is 18.9. The first kappa shape index (κ1) is 25.8. The van der Waals surface area contributed by atoms with E-state index in [1.807, 2.05) is 23.2 Å². The second-order valence-electron chi connectivity index (χ2n) is 9.23. The highest BCUT2D eigenvalue weighted by Gasteiger charge is 2.43. The molecule has 0 aromatic heterocycles. The van der Waals surface area contributed by atoms with E-state index in [0.29, 0.717) is 27.6 Å². The molecule has 2 aromatic carbocycles. The number of carbonyl (C=O) groups is 1. The Morgan fingerprint density at radius 1 is 1.12 bits per heavy atom. The normalized spacial score (nSPS) is 26.2. The zero-order chi connectivity index (χ0) is 23.1. The summed E-state index contributed by atoms with van der Waals surface area (Å²) in [6, 6.07) is 13.4. The van der Waals surface area contributed by atoms with Crippen LogP contribution in [0.15, 0.2) is 52.0 Å². The molecule has 1 aliphatic carbocycles. The molecule has 2 fully saturated rings. The van der Waals surface area contributed by atoms with Gasteiger partial charge in [0.15, 0.2) is 0 Å². The molecule has 9 heteroatoms. The number of halogens is 4. The van der Waals surface area contributed by atoms with Gasteiger partial charge in [0.05, 0.1) is 16.8 Å². The monoisotopic (exact) mass is 584 g/mol. The molecule has 2 aliphatic heterocycles. The molecule has 2 heterocycles. The Balaban J connectivity index is 0.00000274. The largest absolute Gasteiger partial charge is 0.284 e. The maximum absolute atomic E-state index is 13.5. The number of rotatable bonds is 5. The maximum atomic E-state index is 13.5. The van der Waals surface area contributed by atoms with Gasteiger partial charge in [-0.2, -0.15) is 5.10 Å². The van der Waals surface area contributed by atoms with E-state index < -0.39 is 0 Å². The fourth-order valence-electron chi connectivity index (χ4n) is 5.63. The lowest BCUT2D eigenvalue weighted by Crippen LogP contribution is -2.45. The van der Waals surface area contributed by atoms with Crippen molar-refractivity contribution in [1.29, 1.82) is 0 Å². The van der Waals surface area contributed by atoms with Crippen molar-refractivity contribution in [2.75, 3.05) is 18.1 Å². The average molecular weight is 587 g/mol. The van der Waals surface area contributed by atoms with Crippen LogP contribution < -0.4 is 10.4 Å². The highest BCUT2D eigenvalue weighted by molar-refractivity contribution is 9.10. The number of nitrogens with one attached hydrogen (secondary N) is 1. The number of hydrogen-bond donors (Lipinski definition) is 1. The number of anilines is 1. The van der Waals surface area contributed by atoms with Crippen LogP contribution in [-0.4, -0.2) is 29.7 Å². The maximum Gasteiger partial charge on any atom is 0.282 e. The standard InChI is InChI=1S/C25H27BrCl2N4O.ClH/c1-2-20-23(25(33)30-31-13-16-4-3-5-17(16)14-31)29-32(22-11-10-19(27)12-21(22)28)24(20)15-6-8-18(26)9-7-15;/h6-12,16-17,20,24H,2-5,13-14H2,1H3,(H,30,33);1H/t16?,17?,20-,24+;/m1./s1. The van der Waals surface area contributed by atoms with Gasteiger partial charge in [0, 0.05) is 28.5 Å². The molecular formula is C25H28BrCl3N4O. The van der Waals surface area contributed by atoms with Gasteiger partial charge in [-0.3, -0.25) is 15.2 Å². The van der Waals surface area contributed by atoms with Gasteiger partial charge < -0.3 is 0 Å². The lowest BCUT2D eigenvalue weighted by molar-refractivity contribution is -0.119. The third-order valence-corrected chi connectivity index (χ3v) is 8.30. The van der Waals surface area contributed by atoms with E-state index in [4.69, 9.17) is 28.3 Å². The summed E-state index contributed by atoms with van der Waals surface area (Å²) in [7, 11) is 0. The molecular weight excluding hydrogens is 559 g/mol. The smallest absolute Gasteiger partial charge is 0.282 e. The zero-order valence-corrected chi connectivity index (χ0v) is 22.8. The molecule has 2 unspecified atom stereocenters. The first-order valence-electron chi connectivity index (χ1n) is 11.6. The Morgan fingerprint density at radius 3 is 2.41 bits per heavy atom. The Labute approximate surface area is 225 Å². The summed E-state index contributed by atoms with van der Waals surface area (Å²) < 4.78 is 1.01. The van der Waals surface area contributed by atoms with E-state index >= 15 is 0 Å². The average Bonchev–Trinajstić information content (AvgIpc) is 3.47. The number of fused-ring (bicyclic) bond motifs is 1. The minimum absolute atomic E-state index is 0. The molecule has 1 N–H and O–H groups in total. The summed E-state index contributed by atoms with van der Waals surface area (Å²) in [4.78, 5) is 13.5. The summed E-state index contributed by atoms with van der Waals surface area (Å²) in [6.07, 6.45) is 4.63. The van der Waals surface area contributed by atoms with Crippen LogP contribution in [0.1, 0.15) is 44.2 Å². The number of hydrogen-bond acceptors (Lipinski definition) is 4. The third-order valence-electron chi connectivity index (χ3n) is 7.24. The first-order valence-corrected chi connectivity index (χ1v) is 13.1. The van der Waals surface area contributed by atoms with Crippen LogP contribution in [0, 0.1) is 17.8 Å². The molecule has 3 aliphatic rings. The Hall–Kier alpha value is -1.31. The second kappa shape index (κ2) is 10.8. The van der Waals surface area contributed by atoms with Crippen LogP contribution in [-0.2, 0) is 4.79 Å². The Bertz CT molecular complexity index is 1070. The minimum Gasteiger partial charge on any atom is -0.284 e. The number of hydrazone groups is 1. The highest BCUT2D eigenvalue weighted by atomic mass is 79.9. The van der Waals surface area contributed by atoms with Gasteiger partial charge in [0.1, 0.15) is 5.71 Å². The molecule has 2 aromatic rings. The molecule has 182 valence electrons.